The molecule has 3 aliphatic rings. The molecule has 3 heterocycles. The molecular formula is C33H52O14. The van der Waals surface area contributed by atoms with Crippen molar-refractivity contribution in [3.8, 4) is 0 Å². The van der Waals surface area contributed by atoms with Crippen LogP contribution in [0, 0.1) is 10.8 Å². The summed E-state index contributed by atoms with van der Waals surface area (Å²) in [6, 6.07) is 0. The van der Waals surface area contributed by atoms with Crippen LogP contribution in [0.3, 0.4) is 0 Å². The second kappa shape index (κ2) is 16.8. The molecule has 0 aliphatic carbocycles. The van der Waals surface area contributed by atoms with Gasteiger partial charge in [-0.15, -0.1) is 0 Å². The third kappa shape index (κ3) is 10.5. The van der Waals surface area contributed by atoms with Gasteiger partial charge in [0.2, 0.25) is 5.79 Å². The number of cyclic esters (lactones) is 1. The van der Waals surface area contributed by atoms with E-state index in [9.17, 15) is 34.8 Å². The molecule has 2 fully saturated rings. The van der Waals surface area contributed by atoms with Crippen molar-refractivity contribution in [3.05, 3.63) is 23.8 Å². The fraction of sp³-hybridized carbons (Fsp3) is 0.788. The van der Waals surface area contributed by atoms with Crippen LogP contribution in [0.2, 0.25) is 0 Å². The highest BCUT2D eigenvalue weighted by molar-refractivity contribution is 5.83. The Balaban J connectivity index is 2.05. The Kier molecular flexibility index (Phi) is 13.9. The molecule has 8 atom stereocenters. The zero-order valence-electron chi connectivity index (χ0n) is 28.2. The summed E-state index contributed by atoms with van der Waals surface area (Å²) in [6.45, 7) is 7.88. The minimum Gasteiger partial charge on any atom is -0.466 e. The molecule has 0 spiro atoms. The van der Waals surface area contributed by atoms with E-state index in [1.807, 2.05) is 13.8 Å². The number of methoxy groups -OCH3 is 1. The Hall–Kier alpha value is -2.43. The molecule has 3 aliphatic heterocycles. The Bertz CT molecular complexity index is 1130. The Morgan fingerprint density at radius 1 is 1.09 bits per heavy atom. The predicted molar refractivity (Wildman–Crippen MR) is 164 cm³/mol. The van der Waals surface area contributed by atoms with E-state index in [1.54, 1.807) is 26.0 Å². The van der Waals surface area contributed by atoms with Crippen molar-refractivity contribution in [1.82, 2.24) is 0 Å². The number of aliphatic hydroxyl groups is 4. The lowest BCUT2D eigenvalue weighted by molar-refractivity contribution is -0.327. The molecule has 268 valence electrons. The highest BCUT2D eigenvalue weighted by Crippen LogP contribution is 2.46. The minimum absolute atomic E-state index is 0.0367. The second-order valence-electron chi connectivity index (χ2n) is 13.7. The minimum atomic E-state index is -2.28. The molecular weight excluding hydrogens is 620 g/mol. The van der Waals surface area contributed by atoms with Crippen LogP contribution in [0.15, 0.2) is 23.8 Å². The summed E-state index contributed by atoms with van der Waals surface area (Å²) in [5.74, 6) is -4.54. The van der Waals surface area contributed by atoms with Gasteiger partial charge in [0.1, 0.15) is 6.10 Å². The Labute approximate surface area is 275 Å². The van der Waals surface area contributed by atoms with Crippen LogP contribution in [0.25, 0.3) is 0 Å². The maximum absolute atomic E-state index is 12.8. The maximum atomic E-state index is 12.8. The van der Waals surface area contributed by atoms with Crippen LogP contribution in [0.4, 0.5) is 0 Å². The molecule has 0 aromatic heterocycles. The molecule has 4 N–H and O–H groups in total. The van der Waals surface area contributed by atoms with E-state index >= 15 is 0 Å². The fourth-order valence-corrected chi connectivity index (χ4v) is 5.87. The number of aliphatic hydroxyl groups excluding tert-OH is 3. The number of hydrogen-bond donors (Lipinski definition) is 4. The Morgan fingerprint density at radius 2 is 1.79 bits per heavy atom. The van der Waals surface area contributed by atoms with E-state index in [-0.39, 0.29) is 50.6 Å². The third-order valence-electron chi connectivity index (χ3n) is 8.89. The van der Waals surface area contributed by atoms with Gasteiger partial charge in [0.15, 0.2) is 12.4 Å². The number of hydrogen-bond acceptors (Lipinski definition) is 14. The van der Waals surface area contributed by atoms with Gasteiger partial charge in [-0.1, -0.05) is 33.8 Å². The molecule has 0 aromatic carbocycles. The van der Waals surface area contributed by atoms with Gasteiger partial charge in [-0.25, -0.2) is 4.79 Å². The molecule has 2 saturated heterocycles. The van der Waals surface area contributed by atoms with Crippen molar-refractivity contribution in [2.75, 3.05) is 33.5 Å². The van der Waals surface area contributed by atoms with Crippen LogP contribution >= 0.6 is 0 Å². The van der Waals surface area contributed by atoms with E-state index in [2.05, 4.69) is 0 Å². The normalized spacial score (nSPS) is 36.1. The molecule has 4 bridgehead atoms. The lowest BCUT2D eigenvalue weighted by Gasteiger charge is -2.50. The summed E-state index contributed by atoms with van der Waals surface area (Å²) >= 11 is 0. The summed E-state index contributed by atoms with van der Waals surface area (Å²) in [4.78, 5) is 37.4. The largest absolute Gasteiger partial charge is 0.466 e. The van der Waals surface area contributed by atoms with Gasteiger partial charge in [-0.3, -0.25) is 9.59 Å². The van der Waals surface area contributed by atoms with Gasteiger partial charge < -0.3 is 53.6 Å². The first-order valence-electron chi connectivity index (χ1n) is 16.1. The standard InChI is InChI=1S/C33H52O14/c1-20(36)44-30-21(14-27(38)41-6)13-24-16-25(18-34)45-28(39)15-22(37)8-11-42-26(31(2,3)19-35)17-23-9-12-43-29(46-23)7-10-32(4,5)33(30,40)47-24/h7,10,14,22-26,29-30,34-35,37,40H,8-9,11-13,15-19H2,1-6H3/b10-7+,21-14?/t22-,23+,24+,25-,26+,29+,30+,33-/m1/s1. The van der Waals surface area contributed by atoms with Gasteiger partial charge in [0.05, 0.1) is 57.8 Å². The van der Waals surface area contributed by atoms with E-state index in [0.29, 0.717) is 19.4 Å². The van der Waals surface area contributed by atoms with Crippen molar-refractivity contribution >= 4 is 17.9 Å². The number of ether oxygens (including phenoxy) is 7. The van der Waals surface area contributed by atoms with Crippen molar-refractivity contribution in [3.63, 3.8) is 0 Å². The molecule has 0 amide bonds. The fourth-order valence-electron chi connectivity index (χ4n) is 5.87. The highest BCUT2D eigenvalue weighted by atomic mass is 16.7. The van der Waals surface area contributed by atoms with Gasteiger partial charge in [0.25, 0.3) is 0 Å². The number of esters is 3. The monoisotopic (exact) mass is 672 g/mol. The quantitative estimate of drug-likeness (QED) is 0.142. The summed E-state index contributed by atoms with van der Waals surface area (Å²) in [7, 11) is 1.18. The number of carbonyl (C=O) groups excluding carboxylic acids is 3. The van der Waals surface area contributed by atoms with Crippen molar-refractivity contribution < 1.29 is 68.0 Å². The average molecular weight is 673 g/mol. The highest BCUT2D eigenvalue weighted by Gasteiger charge is 2.57. The first kappa shape index (κ1) is 39.0. The van der Waals surface area contributed by atoms with Crippen LogP contribution < -0.4 is 0 Å². The first-order valence-corrected chi connectivity index (χ1v) is 16.1. The number of fused-ring (bicyclic) bond motifs is 4. The van der Waals surface area contributed by atoms with E-state index < -0.39 is 77.9 Å². The van der Waals surface area contributed by atoms with Gasteiger partial charge in [-0.05, 0) is 30.9 Å². The summed E-state index contributed by atoms with van der Waals surface area (Å²) < 4.78 is 40.3. The topological polar surface area (TPSA) is 197 Å². The molecule has 0 aromatic rings. The van der Waals surface area contributed by atoms with Crippen LogP contribution in [0.1, 0.15) is 73.1 Å². The number of carbonyl (C=O) groups is 3. The molecule has 0 unspecified atom stereocenters. The maximum Gasteiger partial charge on any atom is 0.330 e. The van der Waals surface area contributed by atoms with Crippen molar-refractivity contribution in [2.24, 2.45) is 10.8 Å². The third-order valence-corrected chi connectivity index (χ3v) is 8.89. The van der Waals surface area contributed by atoms with Crippen LogP contribution in [0.5, 0.6) is 0 Å². The second-order valence-corrected chi connectivity index (χ2v) is 13.7. The Morgan fingerprint density at radius 3 is 2.43 bits per heavy atom. The van der Waals surface area contributed by atoms with Gasteiger partial charge in [0, 0.05) is 43.3 Å². The molecule has 0 radical (unpaired) electrons. The molecule has 47 heavy (non-hydrogen) atoms. The zero-order chi connectivity index (χ0) is 35.0. The van der Waals surface area contributed by atoms with E-state index in [1.165, 1.54) is 7.11 Å². The van der Waals surface area contributed by atoms with Crippen molar-refractivity contribution in [1.29, 1.82) is 0 Å². The van der Waals surface area contributed by atoms with E-state index in [0.717, 1.165) is 13.0 Å². The molecule has 0 saturated carbocycles. The molecule has 14 nitrogen and oxygen atoms in total. The van der Waals surface area contributed by atoms with Gasteiger partial charge >= 0.3 is 17.9 Å². The SMILES string of the molecule is COC(=O)C=C1C[C@H]2C[C@H](CO)OC(=O)C[C@H](O)CCO[C@H](C(C)(C)CO)C[C@@H]3CCO[C@H](/C=C/C(C)(C)[C@](O)(O2)[C@H]1OC(C)=O)O3. The van der Waals surface area contributed by atoms with E-state index in [4.69, 9.17) is 33.2 Å². The zero-order valence-corrected chi connectivity index (χ0v) is 28.2. The average Bonchev–Trinajstić information content (AvgIpc) is 3.00. The van der Waals surface area contributed by atoms with Gasteiger partial charge in [-0.2, -0.15) is 0 Å². The summed E-state index contributed by atoms with van der Waals surface area (Å²) in [6.07, 6.45) is -1.25. The van der Waals surface area contributed by atoms with Crippen LogP contribution in [-0.2, 0) is 47.5 Å². The first-order chi connectivity index (χ1) is 22.0. The lowest BCUT2D eigenvalue weighted by atomic mass is 9.74. The molecule has 14 heteroatoms. The lowest BCUT2D eigenvalue weighted by Crippen LogP contribution is -2.62. The summed E-state index contributed by atoms with van der Waals surface area (Å²) in [5.41, 5.74) is -1.79. The smallest absolute Gasteiger partial charge is 0.330 e. The number of rotatable bonds is 5. The van der Waals surface area contributed by atoms with Crippen molar-refractivity contribution in [2.45, 2.75) is 122 Å². The molecule has 3 rings (SSSR count). The summed E-state index contributed by atoms with van der Waals surface area (Å²) in [5, 5.41) is 43.0. The van der Waals surface area contributed by atoms with Crippen LogP contribution in [-0.4, -0.2) is 121 Å². The predicted octanol–water partition coefficient (Wildman–Crippen LogP) is 1.45.